The van der Waals surface area contributed by atoms with Crippen molar-refractivity contribution in [2.45, 2.75) is 25.6 Å². The highest BCUT2D eigenvalue weighted by molar-refractivity contribution is 6.13. The average Bonchev–Trinajstić information content (AvgIpc) is 2.39. The molecule has 0 saturated carbocycles. The fraction of sp³-hybridized carbons (Fsp3) is 0.462. The van der Waals surface area contributed by atoms with E-state index < -0.39 is 40.8 Å². The van der Waals surface area contributed by atoms with Crippen LogP contribution in [0.5, 0.6) is 0 Å². The molecular weight excluding hydrogens is 268 g/mol. The number of aliphatic carboxylic acids is 2. The number of ketones is 1. The number of Topliss-reactive ketones (excluding diaryl/α,β-unsaturated/α-hetero) is 1. The molecule has 2 unspecified atom stereocenters. The summed E-state index contributed by atoms with van der Waals surface area (Å²) >= 11 is 0. The second-order valence-corrected chi connectivity index (χ2v) is 4.96. The second-order valence-electron chi connectivity index (χ2n) is 4.96. The number of carboxylic acid groups (broad SMARTS) is 2. The predicted molar refractivity (Wildman–Crippen MR) is 66.8 cm³/mol. The van der Waals surface area contributed by atoms with E-state index in [1.54, 1.807) is 19.1 Å². The van der Waals surface area contributed by atoms with E-state index in [4.69, 9.17) is 10.2 Å². The maximum Gasteiger partial charge on any atom is 0.347 e. The first-order chi connectivity index (χ1) is 9.08. The molecule has 7 heteroatoms. The summed E-state index contributed by atoms with van der Waals surface area (Å²) in [5.74, 6) is -5.84. The third kappa shape index (κ3) is 2.25. The molecule has 0 amide bonds. The maximum absolute atomic E-state index is 12.4. The molecular formula is C13H16O7. The van der Waals surface area contributed by atoms with Crippen LogP contribution < -0.4 is 0 Å². The minimum absolute atomic E-state index is 0.466. The van der Waals surface area contributed by atoms with E-state index >= 15 is 0 Å². The Morgan fingerprint density at radius 3 is 2.20 bits per heavy atom. The maximum atomic E-state index is 12.4. The Morgan fingerprint density at radius 1 is 1.25 bits per heavy atom. The number of carboxylic acids is 2. The average molecular weight is 284 g/mol. The van der Waals surface area contributed by atoms with Crippen LogP contribution in [-0.4, -0.2) is 49.9 Å². The minimum atomic E-state index is -3.41. The third-order valence-electron chi connectivity index (χ3n) is 3.69. The summed E-state index contributed by atoms with van der Waals surface area (Å²) in [6.07, 6.45) is 3.38. The summed E-state index contributed by atoms with van der Waals surface area (Å²) in [5, 5.41) is 37.1. The zero-order chi connectivity index (χ0) is 15.7. The van der Waals surface area contributed by atoms with Crippen LogP contribution >= 0.6 is 0 Å². The lowest BCUT2D eigenvalue weighted by atomic mass is 9.66. The van der Waals surface area contributed by atoms with Gasteiger partial charge in [0, 0.05) is 0 Å². The lowest BCUT2D eigenvalue weighted by Crippen LogP contribution is -2.63. The molecule has 110 valence electrons. The van der Waals surface area contributed by atoms with Crippen LogP contribution in [0, 0.1) is 11.3 Å². The van der Waals surface area contributed by atoms with Crippen molar-refractivity contribution in [3.8, 4) is 0 Å². The van der Waals surface area contributed by atoms with Crippen LogP contribution in [0.1, 0.15) is 13.8 Å². The summed E-state index contributed by atoms with van der Waals surface area (Å²) < 4.78 is 0. The van der Waals surface area contributed by atoms with Crippen LogP contribution in [0.25, 0.3) is 0 Å². The summed E-state index contributed by atoms with van der Waals surface area (Å²) in [6, 6.07) is 0. The van der Waals surface area contributed by atoms with Gasteiger partial charge in [0.05, 0.1) is 5.41 Å². The van der Waals surface area contributed by atoms with E-state index in [-0.39, 0.29) is 0 Å². The molecule has 4 atom stereocenters. The van der Waals surface area contributed by atoms with Crippen molar-refractivity contribution >= 4 is 17.7 Å². The van der Waals surface area contributed by atoms with Gasteiger partial charge in [-0.05, 0) is 12.8 Å². The van der Waals surface area contributed by atoms with Gasteiger partial charge in [0.2, 0.25) is 0 Å². The predicted octanol–water partition coefficient (Wildman–Crippen LogP) is -0.415. The molecule has 4 N–H and O–H groups in total. The fourth-order valence-electron chi connectivity index (χ4n) is 2.05. The van der Waals surface area contributed by atoms with Gasteiger partial charge in [-0.2, -0.15) is 0 Å². The van der Waals surface area contributed by atoms with Crippen molar-refractivity contribution in [3.05, 3.63) is 24.3 Å². The third-order valence-corrected chi connectivity index (χ3v) is 3.69. The SMILES string of the molecule is CC1C=CC=CC1(C)C(=O)[C@@](O)(C(=O)O)[C@H](O)C(=O)O. The Balaban J connectivity index is 3.33. The largest absolute Gasteiger partial charge is 0.479 e. The highest BCUT2D eigenvalue weighted by Crippen LogP contribution is 2.38. The summed E-state index contributed by atoms with van der Waals surface area (Å²) in [5.41, 5.74) is -4.84. The highest BCUT2D eigenvalue weighted by Gasteiger charge is 2.59. The van der Waals surface area contributed by atoms with Crippen molar-refractivity contribution in [1.29, 1.82) is 0 Å². The van der Waals surface area contributed by atoms with Gasteiger partial charge in [-0.25, -0.2) is 9.59 Å². The first-order valence-corrected chi connectivity index (χ1v) is 5.86. The van der Waals surface area contributed by atoms with E-state index in [0.29, 0.717) is 0 Å². The standard InChI is InChI=1S/C13H16O7/c1-7-5-3-4-6-12(7,2)10(17)13(20,11(18)19)8(14)9(15)16/h3-8,14,20H,1-2H3,(H,15,16)(H,18,19)/t7?,8-,12?,13-/m1/s1. The second kappa shape index (κ2) is 5.18. The lowest BCUT2D eigenvalue weighted by molar-refractivity contribution is -0.190. The van der Waals surface area contributed by atoms with Crippen LogP contribution in [0.15, 0.2) is 24.3 Å². The molecule has 0 bridgehead atoms. The van der Waals surface area contributed by atoms with Crippen LogP contribution in [0.2, 0.25) is 0 Å². The molecule has 1 aliphatic carbocycles. The number of carbonyl (C=O) groups excluding carboxylic acids is 1. The molecule has 0 fully saturated rings. The number of hydrogen-bond donors (Lipinski definition) is 4. The van der Waals surface area contributed by atoms with Gasteiger partial charge in [-0.15, -0.1) is 0 Å². The summed E-state index contributed by atoms with van der Waals surface area (Å²) in [7, 11) is 0. The van der Waals surface area contributed by atoms with E-state index in [1.807, 2.05) is 0 Å². The topological polar surface area (TPSA) is 132 Å². The van der Waals surface area contributed by atoms with Crippen molar-refractivity contribution in [1.82, 2.24) is 0 Å². The zero-order valence-electron chi connectivity index (χ0n) is 11.0. The number of aliphatic hydroxyl groups is 2. The van der Waals surface area contributed by atoms with Crippen LogP contribution in [-0.2, 0) is 14.4 Å². The quantitative estimate of drug-likeness (QED) is 0.504. The molecule has 1 aliphatic rings. The molecule has 0 saturated heterocycles. The Morgan fingerprint density at radius 2 is 1.80 bits per heavy atom. The Labute approximate surface area is 114 Å². The summed E-state index contributed by atoms with van der Waals surface area (Å²) in [4.78, 5) is 34.3. The number of allylic oxidation sites excluding steroid dienone is 4. The molecule has 0 radical (unpaired) electrons. The normalized spacial score (nSPS) is 29.5. The number of aliphatic hydroxyl groups excluding tert-OH is 1. The molecule has 0 aliphatic heterocycles. The molecule has 0 aromatic carbocycles. The van der Waals surface area contributed by atoms with E-state index in [2.05, 4.69) is 0 Å². The smallest absolute Gasteiger partial charge is 0.347 e. The van der Waals surface area contributed by atoms with Gasteiger partial charge < -0.3 is 20.4 Å². The van der Waals surface area contributed by atoms with E-state index in [0.717, 1.165) is 0 Å². The van der Waals surface area contributed by atoms with Gasteiger partial charge in [0.15, 0.2) is 11.9 Å². The Bertz CT molecular complexity index is 507. The van der Waals surface area contributed by atoms with Gasteiger partial charge in [-0.1, -0.05) is 31.2 Å². The molecule has 0 aromatic rings. The minimum Gasteiger partial charge on any atom is -0.479 e. The van der Waals surface area contributed by atoms with Crippen molar-refractivity contribution < 1.29 is 34.8 Å². The first-order valence-electron chi connectivity index (χ1n) is 5.86. The number of carbonyl (C=O) groups is 3. The van der Waals surface area contributed by atoms with Crippen LogP contribution in [0.4, 0.5) is 0 Å². The van der Waals surface area contributed by atoms with Crippen molar-refractivity contribution in [2.24, 2.45) is 11.3 Å². The zero-order valence-corrected chi connectivity index (χ0v) is 11.0. The molecule has 20 heavy (non-hydrogen) atoms. The van der Waals surface area contributed by atoms with E-state index in [9.17, 15) is 24.6 Å². The van der Waals surface area contributed by atoms with Crippen molar-refractivity contribution in [2.75, 3.05) is 0 Å². The van der Waals surface area contributed by atoms with Crippen LogP contribution in [0.3, 0.4) is 0 Å². The molecule has 1 rings (SSSR count). The van der Waals surface area contributed by atoms with Crippen molar-refractivity contribution in [3.63, 3.8) is 0 Å². The Kier molecular flexibility index (Phi) is 4.16. The monoisotopic (exact) mass is 284 g/mol. The fourth-order valence-corrected chi connectivity index (χ4v) is 2.05. The first kappa shape index (κ1) is 16.1. The molecule has 0 heterocycles. The van der Waals surface area contributed by atoms with Gasteiger partial charge in [0.25, 0.3) is 5.60 Å². The lowest BCUT2D eigenvalue weighted by Gasteiger charge is -2.37. The van der Waals surface area contributed by atoms with Gasteiger partial charge in [0.1, 0.15) is 0 Å². The Hall–Kier alpha value is -1.99. The molecule has 7 nitrogen and oxygen atoms in total. The number of hydrogen-bond acceptors (Lipinski definition) is 5. The molecule has 0 aromatic heterocycles. The highest BCUT2D eigenvalue weighted by atomic mass is 16.4. The van der Waals surface area contributed by atoms with Gasteiger partial charge in [-0.3, -0.25) is 4.79 Å². The van der Waals surface area contributed by atoms with E-state index in [1.165, 1.54) is 19.1 Å². The summed E-state index contributed by atoms with van der Waals surface area (Å²) in [6.45, 7) is 3.00. The van der Waals surface area contributed by atoms with Gasteiger partial charge >= 0.3 is 11.9 Å². The molecule has 0 spiro atoms. The number of rotatable bonds is 5.